The average Bonchev–Trinajstić information content (AvgIpc) is 3.05. The van der Waals surface area contributed by atoms with Gasteiger partial charge in [0.15, 0.2) is 5.78 Å². The zero-order valence-electron chi connectivity index (χ0n) is 11.1. The molecule has 0 spiro atoms. The van der Waals surface area contributed by atoms with Gasteiger partial charge in [-0.2, -0.15) is 0 Å². The van der Waals surface area contributed by atoms with Crippen LogP contribution in [0.2, 0.25) is 0 Å². The second-order valence-corrected chi connectivity index (χ2v) is 5.33. The zero-order chi connectivity index (χ0) is 13.2. The second kappa shape index (κ2) is 5.08. The van der Waals surface area contributed by atoms with Crippen LogP contribution in [0.3, 0.4) is 0 Å². The summed E-state index contributed by atoms with van der Waals surface area (Å²) >= 11 is 0. The number of rotatable bonds is 4. The molecule has 0 aliphatic heterocycles. The van der Waals surface area contributed by atoms with Crippen molar-refractivity contribution in [1.82, 2.24) is 0 Å². The van der Waals surface area contributed by atoms with E-state index in [4.69, 9.17) is 9.15 Å². The summed E-state index contributed by atoms with van der Waals surface area (Å²) in [5.41, 5.74) is 1.35. The molecule has 0 saturated heterocycles. The van der Waals surface area contributed by atoms with Crippen LogP contribution in [-0.2, 0) is 0 Å². The second-order valence-electron chi connectivity index (χ2n) is 5.33. The smallest absolute Gasteiger partial charge is 0.163 e. The Labute approximate surface area is 112 Å². The van der Waals surface area contributed by atoms with Gasteiger partial charge in [-0.1, -0.05) is 12.8 Å². The highest BCUT2D eigenvalue weighted by molar-refractivity contribution is 6.06. The molecule has 1 fully saturated rings. The Morgan fingerprint density at radius 3 is 2.89 bits per heavy atom. The predicted molar refractivity (Wildman–Crippen MR) is 73.7 cm³/mol. The number of carbonyl (C=O) groups is 1. The van der Waals surface area contributed by atoms with Gasteiger partial charge in [0.1, 0.15) is 17.6 Å². The van der Waals surface area contributed by atoms with E-state index in [1.807, 2.05) is 18.2 Å². The third kappa shape index (κ3) is 2.50. The quantitative estimate of drug-likeness (QED) is 0.771. The largest absolute Gasteiger partial charge is 0.493 e. The Kier molecular flexibility index (Phi) is 3.28. The van der Waals surface area contributed by atoms with Crippen LogP contribution in [0.1, 0.15) is 43.0 Å². The minimum Gasteiger partial charge on any atom is -0.493 e. The summed E-state index contributed by atoms with van der Waals surface area (Å²) in [4.78, 5) is 11.4. The SMILES string of the molecule is CC(=O)c1coc2cc(OCC3CCCC3)ccc12. The first-order valence-electron chi connectivity index (χ1n) is 6.89. The van der Waals surface area contributed by atoms with Gasteiger partial charge in [-0.15, -0.1) is 0 Å². The summed E-state index contributed by atoms with van der Waals surface area (Å²) in [6.07, 6.45) is 6.73. The molecule has 0 radical (unpaired) electrons. The Bertz CT molecular complexity index is 591. The van der Waals surface area contributed by atoms with Crippen LogP contribution in [0.5, 0.6) is 5.75 Å². The zero-order valence-corrected chi connectivity index (χ0v) is 11.1. The van der Waals surface area contributed by atoms with Crippen LogP contribution in [0.25, 0.3) is 11.0 Å². The predicted octanol–water partition coefficient (Wildman–Crippen LogP) is 4.20. The summed E-state index contributed by atoms with van der Waals surface area (Å²) < 4.78 is 11.2. The lowest BCUT2D eigenvalue weighted by Crippen LogP contribution is -2.07. The fourth-order valence-electron chi connectivity index (χ4n) is 2.76. The highest BCUT2D eigenvalue weighted by Crippen LogP contribution is 2.28. The molecule has 3 rings (SSSR count). The van der Waals surface area contributed by atoms with E-state index in [0.717, 1.165) is 17.7 Å². The van der Waals surface area contributed by atoms with Crippen molar-refractivity contribution < 1.29 is 13.9 Å². The highest BCUT2D eigenvalue weighted by Gasteiger charge is 2.16. The van der Waals surface area contributed by atoms with Crippen LogP contribution in [0.4, 0.5) is 0 Å². The molecule has 2 aromatic rings. The standard InChI is InChI=1S/C16H18O3/c1-11(17)15-10-19-16-8-13(6-7-14(15)16)18-9-12-4-2-3-5-12/h6-8,10,12H,2-5,9H2,1H3. The van der Waals surface area contributed by atoms with Gasteiger partial charge in [-0.25, -0.2) is 0 Å². The van der Waals surface area contributed by atoms with Crippen molar-refractivity contribution in [2.75, 3.05) is 6.61 Å². The highest BCUT2D eigenvalue weighted by atomic mass is 16.5. The van der Waals surface area contributed by atoms with E-state index in [-0.39, 0.29) is 5.78 Å². The van der Waals surface area contributed by atoms with Gasteiger partial charge in [0.2, 0.25) is 0 Å². The third-order valence-corrected chi connectivity index (χ3v) is 3.89. The summed E-state index contributed by atoms with van der Waals surface area (Å²) in [7, 11) is 0. The molecule has 100 valence electrons. The lowest BCUT2D eigenvalue weighted by atomic mass is 10.1. The molecule has 0 bridgehead atoms. The number of benzene rings is 1. The van der Waals surface area contributed by atoms with Gasteiger partial charge in [-0.05, 0) is 37.8 Å². The first-order valence-corrected chi connectivity index (χ1v) is 6.89. The maximum absolute atomic E-state index is 11.4. The van der Waals surface area contributed by atoms with Gasteiger partial charge in [0.25, 0.3) is 0 Å². The lowest BCUT2D eigenvalue weighted by molar-refractivity contribution is 0.101. The first-order chi connectivity index (χ1) is 9.24. The van der Waals surface area contributed by atoms with Crippen LogP contribution in [0, 0.1) is 5.92 Å². The van der Waals surface area contributed by atoms with Crippen molar-refractivity contribution in [3.63, 3.8) is 0 Å². The van der Waals surface area contributed by atoms with Crippen molar-refractivity contribution in [3.05, 3.63) is 30.0 Å². The van der Waals surface area contributed by atoms with E-state index in [0.29, 0.717) is 17.1 Å². The third-order valence-electron chi connectivity index (χ3n) is 3.89. The molecule has 1 heterocycles. The molecular weight excluding hydrogens is 240 g/mol. The number of Topliss-reactive ketones (excluding diaryl/α,β-unsaturated/α-hetero) is 1. The first kappa shape index (κ1) is 12.3. The molecule has 0 atom stereocenters. The topological polar surface area (TPSA) is 39.4 Å². The van der Waals surface area contributed by atoms with Gasteiger partial charge in [0, 0.05) is 11.5 Å². The van der Waals surface area contributed by atoms with Crippen molar-refractivity contribution in [2.45, 2.75) is 32.6 Å². The maximum atomic E-state index is 11.4. The van der Waals surface area contributed by atoms with Gasteiger partial charge >= 0.3 is 0 Å². The van der Waals surface area contributed by atoms with E-state index >= 15 is 0 Å². The number of hydrogen-bond acceptors (Lipinski definition) is 3. The molecule has 1 aromatic carbocycles. The number of ketones is 1. The van der Waals surface area contributed by atoms with Crippen LogP contribution in [0.15, 0.2) is 28.9 Å². The molecule has 1 aromatic heterocycles. The van der Waals surface area contributed by atoms with E-state index in [9.17, 15) is 4.79 Å². The Balaban J connectivity index is 1.76. The van der Waals surface area contributed by atoms with Gasteiger partial charge in [-0.3, -0.25) is 4.79 Å². The number of ether oxygens (including phenoxy) is 1. The molecule has 0 unspecified atom stereocenters. The molecule has 3 heteroatoms. The number of furan rings is 1. The van der Waals surface area contributed by atoms with E-state index in [2.05, 4.69) is 0 Å². The molecular formula is C16H18O3. The molecule has 19 heavy (non-hydrogen) atoms. The summed E-state index contributed by atoms with van der Waals surface area (Å²) in [5, 5.41) is 0.862. The monoisotopic (exact) mass is 258 g/mol. The van der Waals surface area contributed by atoms with E-state index < -0.39 is 0 Å². The van der Waals surface area contributed by atoms with E-state index in [1.165, 1.54) is 31.9 Å². The molecule has 3 nitrogen and oxygen atoms in total. The maximum Gasteiger partial charge on any atom is 0.163 e. The minimum atomic E-state index is 0.0263. The number of hydrogen-bond donors (Lipinski definition) is 0. The van der Waals surface area contributed by atoms with Crippen molar-refractivity contribution >= 4 is 16.8 Å². The fourth-order valence-corrected chi connectivity index (χ4v) is 2.76. The van der Waals surface area contributed by atoms with E-state index in [1.54, 1.807) is 6.92 Å². The Hall–Kier alpha value is -1.77. The summed E-state index contributed by atoms with van der Waals surface area (Å²) in [6, 6.07) is 5.69. The minimum absolute atomic E-state index is 0.0263. The van der Waals surface area contributed by atoms with Crippen LogP contribution >= 0.6 is 0 Å². The Morgan fingerprint density at radius 2 is 2.16 bits per heavy atom. The molecule has 0 amide bonds. The van der Waals surface area contributed by atoms with Crippen molar-refractivity contribution in [2.24, 2.45) is 5.92 Å². The Morgan fingerprint density at radius 1 is 1.37 bits per heavy atom. The van der Waals surface area contributed by atoms with Gasteiger partial charge < -0.3 is 9.15 Å². The lowest BCUT2D eigenvalue weighted by Gasteiger charge is -2.11. The van der Waals surface area contributed by atoms with Crippen molar-refractivity contribution in [1.29, 1.82) is 0 Å². The fraction of sp³-hybridized carbons (Fsp3) is 0.438. The molecule has 1 aliphatic rings. The molecule has 1 aliphatic carbocycles. The normalized spacial score (nSPS) is 16.1. The van der Waals surface area contributed by atoms with Crippen LogP contribution in [-0.4, -0.2) is 12.4 Å². The van der Waals surface area contributed by atoms with Crippen molar-refractivity contribution in [3.8, 4) is 5.75 Å². The number of carbonyl (C=O) groups excluding carboxylic acids is 1. The average molecular weight is 258 g/mol. The summed E-state index contributed by atoms with van der Waals surface area (Å²) in [5.74, 6) is 1.54. The van der Waals surface area contributed by atoms with Gasteiger partial charge in [0.05, 0.1) is 12.2 Å². The van der Waals surface area contributed by atoms with Crippen LogP contribution < -0.4 is 4.74 Å². The summed E-state index contributed by atoms with van der Waals surface area (Å²) in [6.45, 7) is 2.33. The number of fused-ring (bicyclic) bond motifs is 1. The molecule has 0 N–H and O–H groups in total. The molecule has 1 saturated carbocycles.